The van der Waals surface area contributed by atoms with E-state index in [-0.39, 0.29) is 0 Å². The van der Waals surface area contributed by atoms with Gasteiger partial charge in [-0.2, -0.15) is 0 Å². The molecule has 0 aromatic rings. The van der Waals surface area contributed by atoms with Crippen molar-refractivity contribution in [3.8, 4) is 0 Å². The fraction of sp³-hybridized carbons (Fsp3) is 1.00. The van der Waals surface area contributed by atoms with Crippen molar-refractivity contribution in [2.24, 2.45) is 0 Å². The minimum atomic E-state index is 0.876. The van der Waals surface area contributed by atoms with Crippen molar-refractivity contribution in [1.82, 2.24) is 0 Å². The van der Waals surface area contributed by atoms with Gasteiger partial charge in [0.2, 0.25) is 0 Å². The van der Waals surface area contributed by atoms with Gasteiger partial charge >= 0.3 is 0 Å². The molecule has 3 heterocycles. The van der Waals surface area contributed by atoms with Crippen LogP contribution in [-0.4, -0.2) is 17.2 Å². The smallest absolute Gasteiger partial charge is 0.0270 e. The molecule has 0 aromatic carbocycles. The summed E-state index contributed by atoms with van der Waals surface area (Å²) in [6, 6.07) is 0. The van der Waals surface area contributed by atoms with Crippen LogP contribution in [0, 0.1) is 0 Å². The first kappa shape index (κ1) is 2.24. The Morgan fingerprint density at radius 2 is 1.60 bits per heavy atom. The molecule has 3 aliphatic heterocycles. The molecule has 3 saturated heterocycles. The lowest BCUT2D eigenvalue weighted by atomic mass is 10.6. The predicted octanol–water partition coefficient (Wildman–Crippen LogP) is 1.60. The fourth-order valence-corrected chi connectivity index (χ4v) is 10.8. The van der Waals surface area contributed by atoms with Crippen molar-refractivity contribution in [3.05, 3.63) is 0 Å². The van der Waals surface area contributed by atoms with Crippen molar-refractivity contribution in [3.63, 3.8) is 0 Å². The molecule has 0 aromatic heterocycles. The molecular weight excluding hydrogens is 98.0 g/mol. The second kappa shape index (κ2) is 0.328. The van der Waals surface area contributed by atoms with Crippen LogP contribution in [0.5, 0.6) is 0 Å². The molecule has 3 aliphatic rings. The van der Waals surface area contributed by atoms with Crippen LogP contribution in [0.25, 0.3) is 0 Å². The van der Waals surface area contributed by atoms with Gasteiger partial charge < -0.3 is 0 Å². The molecule has 2 unspecified atom stereocenters. The van der Waals surface area contributed by atoms with Crippen LogP contribution in [-0.2, 0) is 0 Å². The average molecular weight is 102 g/mol. The molecule has 0 nitrogen and oxygen atoms in total. The van der Waals surface area contributed by atoms with E-state index in [1.165, 1.54) is 4.90 Å². The Hall–Kier alpha value is 0.860. The number of hydrogen-bond acceptors (Lipinski definition) is 0. The minimum Gasteiger partial charge on any atom is -0.0669 e. The third-order valence-corrected chi connectivity index (χ3v) is 11.7. The zero-order valence-corrected chi connectivity index (χ0v) is 4.60. The van der Waals surface area contributed by atoms with Gasteiger partial charge in [-0.05, 0) is 12.3 Å². The lowest BCUT2D eigenvalue weighted by Crippen LogP contribution is -1.65. The van der Waals surface area contributed by atoms with Gasteiger partial charge in [0.1, 0.15) is 0 Å². The lowest BCUT2D eigenvalue weighted by Gasteiger charge is -1.67. The van der Waals surface area contributed by atoms with Crippen LogP contribution < -0.4 is 0 Å². The third kappa shape index (κ3) is 0.0914. The van der Waals surface area contributed by atoms with Gasteiger partial charge in [-0.1, -0.05) is 15.2 Å². The highest BCUT2D eigenvalue weighted by Gasteiger charge is 2.91. The van der Waals surface area contributed by atoms with E-state index in [0.29, 0.717) is 0 Å². The molecule has 2 heteroatoms. The zero-order valence-electron chi connectivity index (χ0n) is 2.81. The molecule has 0 radical (unpaired) electrons. The van der Waals surface area contributed by atoms with Gasteiger partial charge in [0.05, 0.1) is 0 Å². The van der Waals surface area contributed by atoms with E-state index in [2.05, 4.69) is 0 Å². The van der Waals surface area contributed by atoms with Crippen LogP contribution in [0.4, 0.5) is 0 Å². The Bertz CT molecular complexity index is 95.5. The highest BCUT2D eigenvalue weighted by molar-refractivity contribution is 8.59. The summed E-state index contributed by atoms with van der Waals surface area (Å²) >= 11 is 0. The highest BCUT2D eigenvalue weighted by Crippen LogP contribution is 3.28. The maximum atomic E-state index is 1.72. The second-order valence-electron chi connectivity index (χ2n) is 2.10. The number of hydrogen-bond donors (Lipinski definition) is 0. The topological polar surface area (TPSA) is 0 Å². The summed E-state index contributed by atoms with van der Waals surface area (Å²) in [6.45, 7) is 0. The Morgan fingerprint density at radius 3 is 1.60 bits per heavy atom. The number of fused-ring (bicyclic) bond motifs is 1. The maximum absolute atomic E-state index is 1.72. The summed E-state index contributed by atoms with van der Waals surface area (Å²) in [7, 11) is 1.75. The van der Waals surface area contributed by atoms with Gasteiger partial charge in [0, 0.05) is 4.90 Å². The van der Waals surface area contributed by atoms with Gasteiger partial charge in [-0.25, -0.2) is 0 Å². The largest absolute Gasteiger partial charge is 0.0669 e. The van der Waals surface area contributed by atoms with Crippen molar-refractivity contribution in [2.45, 2.75) is 4.90 Å². The normalized spacial score (nSPS) is 91.2. The average Bonchev–Trinajstić information content (AvgIpc) is 2.04. The molecule has 0 N–H and O–H groups in total. The molecule has 0 amide bonds. The molecule has 3 fully saturated rings. The Morgan fingerprint density at radius 1 is 1.20 bits per heavy atom. The molecule has 1 spiro atoms. The van der Waals surface area contributed by atoms with Gasteiger partial charge in [-0.15, -0.1) is 0 Å². The number of rotatable bonds is 0. The van der Waals surface area contributed by atoms with Crippen molar-refractivity contribution in [2.75, 3.05) is 12.3 Å². The van der Waals surface area contributed by atoms with E-state index in [1.807, 2.05) is 0 Å². The van der Waals surface area contributed by atoms with Gasteiger partial charge in [-0.3, -0.25) is 0 Å². The highest BCUT2D eigenvalue weighted by atomic mass is 32.1. The fourth-order valence-electron chi connectivity index (χ4n) is 1.02. The molecule has 0 aliphatic carbocycles. The summed E-state index contributed by atoms with van der Waals surface area (Å²) < 4.78 is 0. The van der Waals surface area contributed by atoms with Gasteiger partial charge in [0.15, 0.2) is 0 Å². The third-order valence-electron chi connectivity index (χ3n) is 1.81. The molecule has 0 bridgehead atoms. The van der Waals surface area contributed by atoms with Crippen LogP contribution in [0.3, 0.4) is 0 Å². The molecule has 5 heavy (non-hydrogen) atoms. The first-order chi connectivity index (χ1) is 2.43. The SMILES string of the molecule is C1P2P3CC123. The Kier molecular flexibility index (Phi) is 0.147. The summed E-state index contributed by atoms with van der Waals surface area (Å²) in [5.41, 5.74) is 0. The Balaban J connectivity index is 2.49. The zero-order chi connectivity index (χ0) is 3.07. The van der Waals surface area contributed by atoms with Crippen molar-refractivity contribution >= 4 is 15.2 Å². The quantitative estimate of drug-likeness (QED) is 0.407. The van der Waals surface area contributed by atoms with E-state index < -0.39 is 0 Å². The van der Waals surface area contributed by atoms with Crippen LogP contribution in [0.2, 0.25) is 0 Å². The van der Waals surface area contributed by atoms with E-state index >= 15 is 0 Å². The monoisotopic (exact) mass is 102 g/mol. The predicted molar refractivity (Wildman–Crippen MR) is 26.3 cm³/mol. The molecular formula is C3H4P2. The maximum Gasteiger partial charge on any atom is 0.0270 e. The molecule has 0 saturated carbocycles. The summed E-state index contributed by atoms with van der Waals surface area (Å²) in [4.78, 5) is 1.21. The van der Waals surface area contributed by atoms with E-state index in [9.17, 15) is 0 Å². The Labute approximate surface area is 33.3 Å². The van der Waals surface area contributed by atoms with Crippen molar-refractivity contribution < 1.29 is 0 Å². The van der Waals surface area contributed by atoms with Crippen molar-refractivity contribution in [1.29, 1.82) is 0 Å². The summed E-state index contributed by atoms with van der Waals surface area (Å²) in [6.07, 6.45) is 3.43. The molecule has 2 atom stereocenters. The van der Waals surface area contributed by atoms with Crippen LogP contribution in [0.15, 0.2) is 0 Å². The molecule has 26 valence electrons. The first-order valence-electron chi connectivity index (χ1n) is 1.99. The van der Waals surface area contributed by atoms with Gasteiger partial charge in [0.25, 0.3) is 0 Å². The first-order valence-corrected chi connectivity index (χ1v) is 5.75. The standard InChI is InChI=1S/C3H4P2/c1-3-2-5(3)4(1)3/h1-2H2. The van der Waals surface area contributed by atoms with E-state index in [4.69, 9.17) is 0 Å². The lowest BCUT2D eigenvalue weighted by molar-refractivity contribution is 1.31. The molecule has 3 rings (SSSR count). The minimum absolute atomic E-state index is 0.876. The van der Waals surface area contributed by atoms with E-state index in [0.717, 1.165) is 15.2 Å². The second-order valence-corrected chi connectivity index (χ2v) is 9.29. The van der Waals surface area contributed by atoms with Crippen LogP contribution >= 0.6 is 15.2 Å². The van der Waals surface area contributed by atoms with E-state index in [1.54, 1.807) is 12.3 Å². The van der Waals surface area contributed by atoms with Crippen LogP contribution in [0.1, 0.15) is 0 Å². The summed E-state index contributed by atoms with van der Waals surface area (Å²) in [5.74, 6) is 0. The summed E-state index contributed by atoms with van der Waals surface area (Å²) in [5, 5.41) is 0.